The maximum atomic E-state index is 12.3. The van der Waals surface area contributed by atoms with Gasteiger partial charge < -0.3 is 10.5 Å². The highest BCUT2D eigenvalue weighted by Gasteiger charge is 2.38. The average molecular weight is 254 g/mol. The Hall–Kier alpha value is -0.330. The zero-order valence-electron chi connectivity index (χ0n) is 10.2. The number of ether oxygens (including phenoxy) is 1. The lowest BCUT2D eigenvalue weighted by atomic mass is 10.1. The van der Waals surface area contributed by atoms with Crippen molar-refractivity contribution in [2.45, 2.75) is 43.9 Å². The molecule has 0 radical (unpaired) electrons. The molecule has 0 heterocycles. The van der Waals surface area contributed by atoms with Gasteiger partial charge in [-0.15, -0.1) is 0 Å². The Morgan fingerprint density at radius 1 is 1.41 bits per heavy atom. The van der Waals surface area contributed by atoms with Crippen LogP contribution in [-0.4, -0.2) is 50.0 Å². The summed E-state index contributed by atoms with van der Waals surface area (Å²) in [5, 5.41) is 0. The number of nitrogens with two attached hydrogens (primary N) is 1. The van der Waals surface area contributed by atoms with Crippen LogP contribution in [0.15, 0.2) is 0 Å². The lowest BCUT2D eigenvalue weighted by Gasteiger charge is -2.26. The predicted octanol–water partition coefficient (Wildman–Crippen LogP) is 1.77. The first-order valence-electron chi connectivity index (χ1n) is 5.97. The third kappa shape index (κ3) is 6.85. The van der Waals surface area contributed by atoms with Crippen molar-refractivity contribution in [2.75, 3.05) is 26.8 Å². The Bertz CT molecular complexity index is 219. The summed E-state index contributed by atoms with van der Waals surface area (Å²) >= 11 is 0. The van der Waals surface area contributed by atoms with Crippen molar-refractivity contribution in [3.63, 3.8) is 0 Å². The van der Waals surface area contributed by atoms with Crippen LogP contribution in [0.2, 0.25) is 0 Å². The molecule has 0 aromatic rings. The van der Waals surface area contributed by atoms with Gasteiger partial charge in [-0.3, -0.25) is 4.90 Å². The molecule has 1 fully saturated rings. The van der Waals surface area contributed by atoms with Gasteiger partial charge in [0.15, 0.2) is 0 Å². The standard InChI is InChI=1S/C11H21F3N2O/c1-17-6-2-3-9(15)7-16(10-4-5-10)8-11(12,13)14/h9-10H,2-8,15H2,1H3. The number of alkyl halides is 3. The fourth-order valence-corrected chi connectivity index (χ4v) is 1.90. The number of hydrogen-bond acceptors (Lipinski definition) is 3. The SMILES string of the molecule is COCCCC(N)CN(CC(F)(F)F)C1CC1. The van der Waals surface area contributed by atoms with E-state index < -0.39 is 12.7 Å². The molecule has 2 N–H and O–H groups in total. The maximum absolute atomic E-state index is 12.3. The molecule has 0 saturated heterocycles. The molecule has 1 rings (SSSR count). The highest BCUT2D eigenvalue weighted by atomic mass is 19.4. The summed E-state index contributed by atoms with van der Waals surface area (Å²) in [7, 11) is 1.60. The zero-order valence-corrected chi connectivity index (χ0v) is 10.2. The molecule has 1 atom stereocenters. The van der Waals surface area contributed by atoms with Crippen LogP contribution in [0.5, 0.6) is 0 Å². The number of halogens is 3. The molecule has 1 unspecified atom stereocenters. The third-order valence-electron chi connectivity index (χ3n) is 2.84. The number of rotatable bonds is 8. The van der Waals surface area contributed by atoms with Crippen LogP contribution in [0.3, 0.4) is 0 Å². The van der Waals surface area contributed by atoms with E-state index in [4.69, 9.17) is 10.5 Å². The van der Waals surface area contributed by atoms with Gasteiger partial charge in [0.25, 0.3) is 0 Å². The van der Waals surface area contributed by atoms with E-state index >= 15 is 0 Å². The summed E-state index contributed by atoms with van der Waals surface area (Å²) in [6, 6.07) is -0.113. The van der Waals surface area contributed by atoms with Gasteiger partial charge in [0, 0.05) is 32.3 Å². The van der Waals surface area contributed by atoms with Gasteiger partial charge >= 0.3 is 6.18 Å². The second-order valence-electron chi connectivity index (χ2n) is 4.67. The summed E-state index contributed by atoms with van der Waals surface area (Å²) in [4.78, 5) is 1.47. The molecule has 0 aromatic heterocycles. The first-order chi connectivity index (χ1) is 7.92. The Kier molecular flexibility index (Phi) is 5.69. The molecule has 0 spiro atoms. The lowest BCUT2D eigenvalue weighted by molar-refractivity contribution is -0.147. The molecule has 1 aliphatic rings. The highest BCUT2D eigenvalue weighted by molar-refractivity contribution is 4.87. The van der Waals surface area contributed by atoms with E-state index in [9.17, 15) is 13.2 Å². The van der Waals surface area contributed by atoms with E-state index in [1.54, 1.807) is 7.11 Å². The van der Waals surface area contributed by atoms with Crippen molar-refractivity contribution >= 4 is 0 Å². The second kappa shape index (κ2) is 6.56. The van der Waals surface area contributed by atoms with E-state index in [0.29, 0.717) is 19.6 Å². The fraction of sp³-hybridized carbons (Fsp3) is 1.00. The zero-order chi connectivity index (χ0) is 12.9. The van der Waals surface area contributed by atoms with Gasteiger partial charge in [0.1, 0.15) is 0 Å². The van der Waals surface area contributed by atoms with Gasteiger partial charge in [0.2, 0.25) is 0 Å². The van der Waals surface area contributed by atoms with Gasteiger partial charge in [-0.1, -0.05) is 0 Å². The minimum Gasteiger partial charge on any atom is -0.385 e. The smallest absolute Gasteiger partial charge is 0.385 e. The van der Waals surface area contributed by atoms with Crippen LogP contribution >= 0.6 is 0 Å². The van der Waals surface area contributed by atoms with Crippen molar-refractivity contribution in [1.82, 2.24) is 4.90 Å². The van der Waals surface area contributed by atoms with E-state index in [1.165, 1.54) is 4.90 Å². The van der Waals surface area contributed by atoms with E-state index in [-0.39, 0.29) is 12.1 Å². The van der Waals surface area contributed by atoms with Crippen molar-refractivity contribution in [3.8, 4) is 0 Å². The van der Waals surface area contributed by atoms with Crippen LogP contribution < -0.4 is 5.73 Å². The molecule has 6 heteroatoms. The summed E-state index contributed by atoms with van der Waals surface area (Å²) in [6.45, 7) is 0.0972. The molecule has 0 aliphatic heterocycles. The van der Waals surface area contributed by atoms with Crippen LogP contribution in [0, 0.1) is 0 Å². The highest BCUT2D eigenvalue weighted by Crippen LogP contribution is 2.30. The summed E-state index contributed by atoms with van der Waals surface area (Å²) in [5.41, 5.74) is 5.84. The molecule has 0 aromatic carbocycles. The molecule has 102 valence electrons. The van der Waals surface area contributed by atoms with Crippen LogP contribution in [0.25, 0.3) is 0 Å². The monoisotopic (exact) mass is 254 g/mol. The minimum absolute atomic E-state index is 0.0881. The van der Waals surface area contributed by atoms with Gasteiger partial charge in [0.05, 0.1) is 6.54 Å². The molecule has 1 aliphatic carbocycles. The van der Waals surface area contributed by atoms with Crippen LogP contribution in [0.4, 0.5) is 13.2 Å². The molecular weight excluding hydrogens is 233 g/mol. The van der Waals surface area contributed by atoms with E-state index in [1.807, 2.05) is 0 Å². The van der Waals surface area contributed by atoms with Gasteiger partial charge in [-0.05, 0) is 25.7 Å². The molecule has 17 heavy (non-hydrogen) atoms. The maximum Gasteiger partial charge on any atom is 0.401 e. The fourth-order valence-electron chi connectivity index (χ4n) is 1.90. The lowest BCUT2D eigenvalue weighted by Crippen LogP contribution is -2.43. The third-order valence-corrected chi connectivity index (χ3v) is 2.84. The van der Waals surface area contributed by atoms with Crippen molar-refractivity contribution < 1.29 is 17.9 Å². The summed E-state index contributed by atoms with van der Waals surface area (Å²) < 4.78 is 41.9. The van der Waals surface area contributed by atoms with Crippen molar-refractivity contribution in [3.05, 3.63) is 0 Å². The average Bonchev–Trinajstić information content (AvgIpc) is 2.98. The number of nitrogens with zero attached hydrogens (tertiary/aromatic N) is 1. The first kappa shape index (κ1) is 14.7. The molecule has 3 nitrogen and oxygen atoms in total. The van der Waals surface area contributed by atoms with E-state index in [0.717, 1.165) is 19.3 Å². The van der Waals surface area contributed by atoms with Crippen molar-refractivity contribution in [1.29, 1.82) is 0 Å². The first-order valence-corrected chi connectivity index (χ1v) is 5.97. The largest absolute Gasteiger partial charge is 0.401 e. The predicted molar refractivity (Wildman–Crippen MR) is 59.7 cm³/mol. The Labute approximate surface area is 100 Å². The second-order valence-corrected chi connectivity index (χ2v) is 4.67. The summed E-state index contributed by atoms with van der Waals surface area (Å²) in [5.74, 6) is 0. The Morgan fingerprint density at radius 2 is 2.06 bits per heavy atom. The van der Waals surface area contributed by atoms with E-state index in [2.05, 4.69) is 0 Å². The molecule has 0 amide bonds. The Balaban J connectivity index is 2.28. The quantitative estimate of drug-likeness (QED) is 0.671. The normalized spacial score (nSPS) is 18.7. The number of hydrogen-bond donors (Lipinski definition) is 1. The van der Waals surface area contributed by atoms with Crippen LogP contribution in [0.1, 0.15) is 25.7 Å². The Morgan fingerprint density at radius 3 is 2.53 bits per heavy atom. The molecule has 1 saturated carbocycles. The minimum atomic E-state index is -4.13. The molecular formula is C11H21F3N2O. The van der Waals surface area contributed by atoms with Crippen LogP contribution in [-0.2, 0) is 4.74 Å². The van der Waals surface area contributed by atoms with Gasteiger partial charge in [-0.25, -0.2) is 0 Å². The molecule has 0 bridgehead atoms. The number of methoxy groups -OCH3 is 1. The summed E-state index contributed by atoms with van der Waals surface area (Å²) in [6.07, 6.45) is -0.909. The topological polar surface area (TPSA) is 38.5 Å². The van der Waals surface area contributed by atoms with Crippen molar-refractivity contribution in [2.24, 2.45) is 5.73 Å². The van der Waals surface area contributed by atoms with Gasteiger partial charge in [-0.2, -0.15) is 13.2 Å².